The molecule has 0 bridgehead atoms. The Balaban J connectivity index is 2.09. The SMILES string of the molecule is COC(=O)C(C)(Br)[C@@H](O)[C@H](C)[C@@H](OCc1ccccc1)[C@@H](C)COCc1ccccc1. The van der Waals surface area contributed by atoms with Gasteiger partial charge in [0.15, 0.2) is 0 Å². The maximum Gasteiger partial charge on any atom is 0.325 e. The molecule has 0 aliphatic rings. The second-order valence-corrected chi connectivity index (χ2v) is 9.76. The summed E-state index contributed by atoms with van der Waals surface area (Å²) in [4.78, 5) is 12.2. The average molecular weight is 493 g/mol. The van der Waals surface area contributed by atoms with E-state index in [0.29, 0.717) is 19.8 Å². The molecule has 0 radical (unpaired) electrons. The second kappa shape index (κ2) is 12.3. The van der Waals surface area contributed by atoms with Crippen LogP contribution in [0.15, 0.2) is 60.7 Å². The van der Waals surface area contributed by atoms with Gasteiger partial charge in [0, 0.05) is 11.8 Å². The van der Waals surface area contributed by atoms with Gasteiger partial charge in [0.25, 0.3) is 0 Å². The molecule has 0 aliphatic heterocycles. The summed E-state index contributed by atoms with van der Waals surface area (Å²) in [5.74, 6) is -0.901. The number of halogens is 1. The van der Waals surface area contributed by atoms with E-state index in [1.807, 2.05) is 74.5 Å². The number of rotatable bonds is 12. The second-order valence-electron chi connectivity index (χ2n) is 8.11. The highest BCUT2D eigenvalue weighted by Gasteiger charge is 2.45. The number of carbonyl (C=O) groups excluding carboxylic acids is 1. The summed E-state index contributed by atoms with van der Waals surface area (Å²) in [7, 11) is 1.31. The Bertz CT molecular complexity index is 781. The van der Waals surface area contributed by atoms with Crippen molar-refractivity contribution in [2.45, 2.75) is 50.5 Å². The summed E-state index contributed by atoms with van der Waals surface area (Å²) in [6.07, 6.45) is -1.36. The lowest BCUT2D eigenvalue weighted by atomic mass is 9.84. The third-order valence-electron chi connectivity index (χ3n) is 5.49. The quantitative estimate of drug-likeness (QED) is 0.342. The molecule has 6 heteroatoms. The molecule has 1 unspecified atom stereocenters. The normalized spacial score (nSPS) is 17.2. The van der Waals surface area contributed by atoms with Crippen molar-refractivity contribution in [1.29, 1.82) is 0 Å². The zero-order valence-corrected chi connectivity index (χ0v) is 20.2. The van der Waals surface area contributed by atoms with E-state index in [9.17, 15) is 9.90 Å². The van der Waals surface area contributed by atoms with Gasteiger partial charge in [-0.25, -0.2) is 0 Å². The lowest BCUT2D eigenvalue weighted by molar-refractivity contribution is -0.149. The number of hydrogen-bond acceptors (Lipinski definition) is 5. The van der Waals surface area contributed by atoms with Crippen LogP contribution in [0.1, 0.15) is 31.9 Å². The number of esters is 1. The van der Waals surface area contributed by atoms with Gasteiger partial charge >= 0.3 is 5.97 Å². The number of aliphatic hydroxyl groups is 1. The first-order chi connectivity index (χ1) is 14.8. The molecule has 0 aromatic heterocycles. The number of benzene rings is 2. The van der Waals surface area contributed by atoms with Crippen molar-refractivity contribution in [3.8, 4) is 0 Å². The first-order valence-electron chi connectivity index (χ1n) is 10.5. The number of methoxy groups -OCH3 is 1. The standard InChI is InChI=1S/C25H33BrO5/c1-18(15-30-16-20-11-7-5-8-12-20)22(31-17-21-13-9-6-10-14-21)19(2)23(27)25(3,26)24(28)29-4/h5-14,18-19,22-23,27H,15-17H2,1-4H3/t18-,19+,22-,23-,25?/m0/s1. The summed E-state index contributed by atoms with van der Waals surface area (Å²) in [5.41, 5.74) is 2.14. The predicted molar refractivity (Wildman–Crippen MR) is 125 cm³/mol. The molecule has 5 atom stereocenters. The summed E-state index contributed by atoms with van der Waals surface area (Å²) in [6, 6.07) is 19.9. The first-order valence-corrected chi connectivity index (χ1v) is 11.3. The van der Waals surface area contributed by atoms with Gasteiger partial charge in [-0.2, -0.15) is 0 Å². The largest absolute Gasteiger partial charge is 0.468 e. The zero-order valence-electron chi connectivity index (χ0n) is 18.7. The summed E-state index contributed by atoms with van der Waals surface area (Å²) >= 11 is 3.36. The van der Waals surface area contributed by atoms with Crippen LogP contribution < -0.4 is 0 Å². The van der Waals surface area contributed by atoms with Crippen LogP contribution in [0.5, 0.6) is 0 Å². The van der Waals surface area contributed by atoms with E-state index < -0.39 is 16.4 Å². The van der Waals surface area contributed by atoms with Crippen LogP contribution in [0, 0.1) is 11.8 Å². The van der Waals surface area contributed by atoms with Crippen molar-refractivity contribution >= 4 is 21.9 Å². The predicted octanol–water partition coefficient (Wildman–Crippen LogP) is 4.75. The van der Waals surface area contributed by atoms with Crippen LogP contribution in [-0.2, 0) is 32.2 Å². The fraction of sp³-hybridized carbons (Fsp3) is 0.480. The molecule has 0 aliphatic carbocycles. The highest BCUT2D eigenvalue weighted by Crippen LogP contribution is 2.33. The van der Waals surface area contributed by atoms with Crippen LogP contribution in [0.25, 0.3) is 0 Å². The van der Waals surface area contributed by atoms with Crippen LogP contribution >= 0.6 is 15.9 Å². The van der Waals surface area contributed by atoms with E-state index in [0.717, 1.165) is 11.1 Å². The third-order valence-corrected chi connectivity index (χ3v) is 6.29. The third kappa shape index (κ3) is 7.42. The molecule has 5 nitrogen and oxygen atoms in total. The van der Waals surface area contributed by atoms with Gasteiger partial charge in [0.2, 0.25) is 0 Å². The number of alkyl halides is 1. The highest BCUT2D eigenvalue weighted by atomic mass is 79.9. The van der Waals surface area contributed by atoms with Crippen molar-refractivity contribution in [3.05, 3.63) is 71.8 Å². The Morgan fingerprint density at radius 3 is 2.03 bits per heavy atom. The first kappa shape index (κ1) is 25.5. The molecule has 0 spiro atoms. The van der Waals surface area contributed by atoms with E-state index in [-0.39, 0.29) is 17.9 Å². The van der Waals surface area contributed by atoms with Gasteiger partial charge in [-0.05, 0) is 18.1 Å². The van der Waals surface area contributed by atoms with Crippen LogP contribution in [0.2, 0.25) is 0 Å². The Kier molecular flexibility index (Phi) is 10.2. The number of hydrogen-bond donors (Lipinski definition) is 1. The molecule has 0 saturated heterocycles. The van der Waals surface area contributed by atoms with Crippen LogP contribution in [0.4, 0.5) is 0 Å². The minimum atomic E-state index is -1.24. The number of aliphatic hydroxyl groups excluding tert-OH is 1. The Hall–Kier alpha value is -1.73. The zero-order chi connectivity index (χ0) is 22.9. The van der Waals surface area contributed by atoms with Crippen molar-refractivity contribution in [1.82, 2.24) is 0 Å². The molecule has 2 aromatic rings. The molecule has 1 N–H and O–H groups in total. The van der Waals surface area contributed by atoms with Crippen molar-refractivity contribution in [3.63, 3.8) is 0 Å². The molecule has 0 saturated carbocycles. The summed E-state index contributed by atoms with van der Waals surface area (Å²) in [5, 5.41) is 11.0. The van der Waals surface area contributed by atoms with Crippen LogP contribution in [-0.4, -0.2) is 41.3 Å². The fourth-order valence-corrected chi connectivity index (χ4v) is 4.21. The molecule has 31 heavy (non-hydrogen) atoms. The summed E-state index contributed by atoms with van der Waals surface area (Å²) < 4.78 is 15.8. The number of ether oxygens (including phenoxy) is 3. The minimum absolute atomic E-state index is 0.0157. The molecule has 2 aromatic carbocycles. The summed E-state index contributed by atoms with van der Waals surface area (Å²) in [6.45, 7) is 6.91. The fourth-order valence-electron chi connectivity index (χ4n) is 3.63. The van der Waals surface area contributed by atoms with Crippen LogP contribution in [0.3, 0.4) is 0 Å². The van der Waals surface area contributed by atoms with Gasteiger partial charge < -0.3 is 19.3 Å². The molecule has 170 valence electrons. The lowest BCUT2D eigenvalue weighted by Crippen LogP contribution is -2.50. The Morgan fingerprint density at radius 1 is 1.00 bits per heavy atom. The molecule has 0 fully saturated rings. The molecular formula is C25H33BrO5. The maximum absolute atomic E-state index is 12.2. The van der Waals surface area contributed by atoms with Crippen molar-refractivity contribution < 1.29 is 24.1 Å². The molecule has 0 heterocycles. The van der Waals surface area contributed by atoms with Crippen molar-refractivity contribution in [2.75, 3.05) is 13.7 Å². The molecule has 0 amide bonds. The highest BCUT2D eigenvalue weighted by molar-refractivity contribution is 9.10. The van der Waals surface area contributed by atoms with Gasteiger partial charge in [0.05, 0.1) is 39.1 Å². The van der Waals surface area contributed by atoms with Gasteiger partial charge in [-0.15, -0.1) is 0 Å². The lowest BCUT2D eigenvalue weighted by Gasteiger charge is -2.37. The van der Waals surface area contributed by atoms with E-state index in [2.05, 4.69) is 15.9 Å². The topological polar surface area (TPSA) is 65.0 Å². The minimum Gasteiger partial charge on any atom is -0.468 e. The van der Waals surface area contributed by atoms with Gasteiger partial charge in [-0.1, -0.05) is 90.4 Å². The van der Waals surface area contributed by atoms with Gasteiger partial charge in [0.1, 0.15) is 4.32 Å². The van der Waals surface area contributed by atoms with E-state index in [1.165, 1.54) is 7.11 Å². The molecular weight excluding hydrogens is 460 g/mol. The smallest absolute Gasteiger partial charge is 0.325 e. The van der Waals surface area contributed by atoms with Crippen molar-refractivity contribution in [2.24, 2.45) is 11.8 Å². The Labute approximate surface area is 193 Å². The maximum atomic E-state index is 12.2. The molecule has 2 rings (SSSR count). The van der Waals surface area contributed by atoms with E-state index in [1.54, 1.807) is 6.92 Å². The van der Waals surface area contributed by atoms with E-state index >= 15 is 0 Å². The van der Waals surface area contributed by atoms with E-state index in [4.69, 9.17) is 14.2 Å². The Morgan fingerprint density at radius 2 is 1.52 bits per heavy atom. The van der Waals surface area contributed by atoms with Gasteiger partial charge in [-0.3, -0.25) is 4.79 Å². The monoisotopic (exact) mass is 492 g/mol. The number of carbonyl (C=O) groups is 1. The average Bonchev–Trinajstić information content (AvgIpc) is 2.79.